The molecule has 0 spiro atoms. The maximum Gasteiger partial charge on any atom is 0.586 e. The molecule has 8 nitrogen and oxygen atoms in total. The van der Waals surface area contributed by atoms with Crippen molar-refractivity contribution in [1.82, 2.24) is 4.98 Å². The van der Waals surface area contributed by atoms with Crippen LogP contribution in [0.3, 0.4) is 0 Å². The fraction of sp³-hybridized carbons (Fsp3) is 0.0500. The number of hydrogen-bond acceptors (Lipinski definition) is 6. The first-order valence-corrected chi connectivity index (χ1v) is 8.63. The topological polar surface area (TPSA) is 106 Å². The maximum atomic E-state index is 14.3. The predicted octanol–water partition coefficient (Wildman–Crippen LogP) is 4.85. The molecule has 3 aromatic rings. The molecular weight excluding hydrogens is 417 g/mol. The summed E-state index contributed by atoms with van der Waals surface area (Å²) in [5.41, 5.74) is 0.381. The minimum atomic E-state index is -3.77. The van der Waals surface area contributed by atoms with E-state index in [1.54, 1.807) is 0 Å². The van der Waals surface area contributed by atoms with Gasteiger partial charge in [-0.1, -0.05) is 0 Å². The second kappa shape index (κ2) is 7.75. The highest BCUT2D eigenvalue weighted by Crippen LogP contribution is 2.42. The van der Waals surface area contributed by atoms with E-state index < -0.39 is 18.1 Å². The van der Waals surface area contributed by atoms with Crippen molar-refractivity contribution in [2.24, 2.45) is 0 Å². The largest absolute Gasteiger partial charge is 0.586 e. The van der Waals surface area contributed by atoms with Crippen LogP contribution in [0.15, 0.2) is 54.7 Å². The molecule has 0 radical (unpaired) electrons. The third-order valence-electron chi connectivity index (χ3n) is 3.92. The van der Waals surface area contributed by atoms with Crippen molar-refractivity contribution in [3.63, 3.8) is 0 Å². The summed E-state index contributed by atoms with van der Waals surface area (Å²) in [4.78, 5) is 15.9. The zero-order valence-corrected chi connectivity index (χ0v) is 15.4. The number of carbonyl (C=O) groups excluding carboxylic acids is 1. The first kappa shape index (κ1) is 19.8. The maximum absolute atomic E-state index is 14.3. The molecule has 156 valence electrons. The summed E-state index contributed by atoms with van der Waals surface area (Å²) in [5, 5.41) is 13.7. The molecule has 1 aliphatic heterocycles. The van der Waals surface area contributed by atoms with E-state index in [0.29, 0.717) is 0 Å². The number of amides is 2. The molecule has 31 heavy (non-hydrogen) atoms. The van der Waals surface area contributed by atoms with Crippen LogP contribution in [0.25, 0.3) is 0 Å². The molecule has 0 fully saturated rings. The van der Waals surface area contributed by atoms with Gasteiger partial charge < -0.3 is 24.8 Å². The molecular formula is C20H11F3N4O4. The van der Waals surface area contributed by atoms with Crippen LogP contribution in [0.5, 0.6) is 23.0 Å². The Balaban J connectivity index is 1.40. The summed E-state index contributed by atoms with van der Waals surface area (Å²) < 4.78 is 54.4. The van der Waals surface area contributed by atoms with Crippen LogP contribution in [-0.4, -0.2) is 17.3 Å². The van der Waals surface area contributed by atoms with Crippen LogP contribution in [0.1, 0.15) is 5.69 Å². The van der Waals surface area contributed by atoms with Crippen molar-refractivity contribution in [2.75, 3.05) is 10.6 Å². The monoisotopic (exact) mass is 428 g/mol. The number of fused-ring (bicyclic) bond motifs is 1. The summed E-state index contributed by atoms with van der Waals surface area (Å²) >= 11 is 0. The first-order chi connectivity index (χ1) is 14.8. The van der Waals surface area contributed by atoms with E-state index in [4.69, 9.17) is 10.00 Å². The molecule has 11 heteroatoms. The fourth-order valence-corrected chi connectivity index (χ4v) is 2.64. The lowest BCUT2D eigenvalue weighted by Crippen LogP contribution is -2.25. The van der Waals surface area contributed by atoms with Crippen LogP contribution in [0.2, 0.25) is 0 Å². The number of rotatable bonds is 4. The van der Waals surface area contributed by atoms with Crippen molar-refractivity contribution in [1.29, 1.82) is 5.26 Å². The van der Waals surface area contributed by atoms with Gasteiger partial charge in [-0.15, -0.1) is 8.78 Å². The number of nitrogens with zero attached hydrogens (tertiary/aromatic N) is 2. The second-order valence-corrected chi connectivity index (χ2v) is 6.14. The van der Waals surface area contributed by atoms with Gasteiger partial charge in [0.2, 0.25) is 0 Å². The summed E-state index contributed by atoms with van der Waals surface area (Å²) in [7, 11) is 0. The number of urea groups is 1. The molecule has 0 saturated heterocycles. The number of hydrogen-bond donors (Lipinski definition) is 2. The molecule has 1 aromatic heterocycles. The Morgan fingerprint density at radius 3 is 2.48 bits per heavy atom. The van der Waals surface area contributed by atoms with E-state index in [1.807, 2.05) is 6.07 Å². The van der Waals surface area contributed by atoms with E-state index in [2.05, 4.69) is 25.1 Å². The quantitative estimate of drug-likeness (QED) is 0.616. The number of aromatic nitrogens is 1. The summed E-state index contributed by atoms with van der Waals surface area (Å²) in [6.07, 6.45) is -2.42. The van der Waals surface area contributed by atoms with Crippen molar-refractivity contribution >= 4 is 17.4 Å². The third-order valence-corrected chi connectivity index (χ3v) is 3.92. The lowest BCUT2D eigenvalue weighted by Gasteiger charge is -2.10. The fourth-order valence-electron chi connectivity index (χ4n) is 2.64. The van der Waals surface area contributed by atoms with Crippen molar-refractivity contribution < 1.29 is 32.2 Å². The standard InChI is InChI=1S/C20H11F3N4O4/c21-15-8-11(1-3-16(15)29-14-5-6-25-13(7-14)10-24)26-19(28)27-12-2-4-17-18(9-12)31-20(22,23)30-17/h1-9H,(H2,26,27,28). The van der Waals surface area contributed by atoms with Gasteiger partial charge in [0, 0.05) is 35.8 Å². The average Bonchev–Trinajstić information content (AvgIpc) is 3.03. The smallest absolute Gasteiger partial charge is 0.454 e. The van der Waals surface area contributed by atoms with Gasteiger partial charge in [-0.2, -0.15) is 5.26 Å². The Bertz CT molecular complexity index is 1210. The number of ether oxygens (including phenoxy) is 3. The minimum Gasteiger partial charge on any atom is -0.454 e. The van der Waals surface area contributed by atoms with E-state index in [0.717, 1.165) is 12.1 Å². The molecule has 4 rings (SSSR count). The van der Waals surface area contributed by atoms with E-state index in [9.17, 15) is 18.0 Å². The van der Waals surface area contributed by atoms with Crippen LogP contribution in [0, 0.1) is 17.1 Å². The summed E-state index contributed by atoms with van der Waals surface area (Å²) in [6.45, 7) is 0. The average molecular weight is 428 g/mol. The third kappa shape index (κ3) is 4.59. The number of benzene rings is 2. The lowest BCUT2D eigenvalue weighted by atomic mass is 10.2. The van der Waals surface area contributed by atoms with Gasteiger partial charge in [0.25, 0.3) is 0 Å². The molecule has 2 aromatic carbocycles. The Labute approximate surface area is 172 Å². The lowest BCUT2D eigenvalue weighted by molar-refractivity contribution is -0.286. The predicted molar refractivity (Wildman–Crippen MR) is 101 cm³/mol. The number of halogens is 3. The molecule has 0 unspecified atom stereocenters. The van der Waals surface area contributed by atoms with Crippen LogP contribution >= 0.6 is 0 Å². The summed E-state index contributed by atoms with van der Waals surface area (Å²) in [6, 6.07) is 11.3. The SMILES string of the molecule is N#Cc1cc(Oc2ccc(NC(=O)Nc3ccc4c(c3)OC(F)(F)O4)cc2F)ccn1. The number of carbonyl (C=O) groups is 1. The van der Waals surface area contributed by atoms with Gasteiger partial charge in [-0.25, -0.2) is 14.2 Å². The van der Waals surface area contributed by atoms with Crippen molar-refractivity contribution in [3.8, 4) is 29.1 Å². The Morgan fingerprint density at radius 2 is 1.74 bits per heavy atom. The zero-order chi connectivity index (χ0) is 22.0. The molecule has 0 bridgehead atoms. The van der Waals surface area contributed by atoms with E-state index in [1.165, 1.54) is 42.6 Å². The summed E-state index contributed by atoms with van der Waals surface area (Å²) in [5.74, 6) is -1.07. The highest BCUT2D eigenvalue weighted by atomic mass is 19.3. The number of pyridine rings is 1. The highest BCUT2D eigenvalue weighted by molar-refractivity contribution is 6.00. The number of alkyl halides is 2. The van der Waals surface area contributed by atoms with Gasteiger partial charge in [0.05, 0.1) is 0 Å². The van der Waals surface area contributed by atoms with Gasteiger partial charge >= 0.3 is 12.3 Å². The van der Waals surface area contributed by atoms with E-state index >= 15 is 0 Å². The van der Waals surface area contributed by atoms with Gasteiger partial charge in [-0.05, 0) is 30.3 Å². The van der Waals surface area contributed by atoms with Crippen LogP contribution in [0.4, 0.5) is 29.3 Å². The zero-order valence-electron chi connectivity index (χ0n) is 15.4. The minimum absolute atomic E-state index is 0.111. The number of anilines is 2. The van der Waals surface area contributed by atoms with Crippen LogP contribution in [-0.2, 0) is 0 Å². The van der Waals surface area contributed by atoms with Crippen molar-refractivity contribution in [3.05, 3.63) is 66.2 Å². The molecule has 0 saturated carbocycles. The van der Waals surface area contributed by atoms with Crippen molar-refractivity contribution in [2.45, 2.75) is 6.29 Å². The normalized spacial score (nSPS) is 13.2. The molecule has 2 heterocycles. The molecule has 0 aliphatic carbocycles. The Morgan fingerprint density at radius 1 is 1.03 bits per heavy atom. The molecule has 1 aliphatic rings. The molecule has 2 N–H and O–H groups in total. The van der Waals surface area contributed by atoms with Gasteiger partial charge in [-0.3, -0.25) is 0 Å². The first-order valence-electron chi connectivity index (χ1n) is 8.63. The number of nitrogens with one attached hydrogen (secondary N) is 2. The Kier molecular flexibility index (Phi) is 4.96. The Hall–Kier alpha value is -4.46. The molecule has 0 atom stereocenters. The second-order valence-electron chi connectivity index (χ2n) is 6.14. The van der Waals surface area contributed by atoms with E-state index in [-0.39, 0.29) is 40.1 Å². The van der Waals surface area contributed by atoms with Gasteiger partial charge in [0.1, 0.15) is 17.5 Å². The highest BCUT2D eigenvalue weighted by Gasteiger charge is 2.43. The molecule has 2 amide bonds. The van der Waals surface area contributed by atoms with Gasteiger partial charge in [0.15, 0.2) is 23.1 Å². The number of nitriles is 1. The van der Waals surface area contributed by atoms with Crippen LogP contribution < -0.4 is 24.8 Å².